The smallest absolute Gasteiger partial charge is 0.206 e. The number of pyridine rings is 1. The Morgan fingerprint density at radius 3 is 2.83 bits per heavy atom. The summed E-state index contributed by atoms with van der Waals surface area (Å²) in [5, 5.41) is 12.8. The molecule has 0 saturated carbocycles. The van der Waals surface area contributed by atoms with Crippen LogP contribution in [0.4, 0.5) is 9.52 Å². The zero-order valence-electron chi connectivity index (χ0n) is 12.7. The summed E-state index contributed by atoms with van der Waals surface area (Å²) in [4.78, 5) is 4.25. The van der Waals surface area contributed by atoms with Crippen LogP contribution in [0.3, 0.4) is 0 Å². The average Bonchev–Trinajstić information content (AvgIpc) is 3.04. The Labute approximate surface area is 137 Å². The lowest BCUT2D eigenvalue weighted by atomic mass is 10.1. The SMILES string of the molecule is COc1ccc(F)cc1C(C)Nc1nnc(-c2ccccn2)s1. The van der Waals surface area contributed by atoms with Crippen LogP contribution in [0.15, 0.2) is 42.6 Å². The lowest BCUT2D eigenvalue weighted by Crippen LogP contribution is -2.08. The van der Waals surface area contributed by atoms with Gasteiger partial charge in [-0.15, -0.1) is 10.2 Å². The molecule has 0 aliphatic rings. The van der Waals surface area contributed by atoms with E-state index in [1.54, 1.807) is 19.4 Å². The number of hydrogen-bond acceptors (Lipinski definition) is 6. The Balaban J connectivity index is 1.80. The Morgan fingerprint density at radius 1 is 1.22 bits per heavy atom. The summed E-state index contributed by atoms with van der Waals surface area (Å²) >= 11 is 1.40. The van der Waals surface area contributed by atoms with Crippen molar-refractivity contribution in [2.24, 2.45) is 0 Å². The first kappa shape index (κ1) is 15.4. The number of halogens is 1. The second-order valence-electron chi connectivity index (χ2n) is 4.88. The molecule has 1 aromatic carbocycles. The lowest BCUT2D eigenvalue weighted by Gasteiger charge is -2.16. The molecule has 0 spiro atoms. The highest BCUT2D eigenvalue weighted by atomic mass is 32.1. The van der Waals surface area contributed by atoms with Gasteiger partial charge < -0.3 is 10.1 Å². The third kappa shape index (κ3) is 3.45. The first-order chi connectivity index (χ1) is 11.2. The number of rotatable bonds is 5. The zero-order chi connectivity index (χ0) is 16.2. The fraction of sp³-hybridized carbons (Fsp3) is 0.188. The number of aromatic nitrogens is 3. The molecule has 7 heteroatoms. The summed E-state index contributed by atoms with van der Waals surface area (Å²) < 4.78 is 18.8. The molecule has 1 unspecified atom stereocenters. The van der Waals surface area contributed by atoms with Crippen LogP contribution < -0.4 is 10.1 Å². The minimum absolute atomic E-state index is 0.176. The highest BCUT2D eigenvalue weighted by molar-refractivity contribution is 7.18. The van der Waals surface area contributed by atoms with E-state index in [1.165, 1.54) is 23.5 Å². The van der Waals surface area contributed by atoms with Crippen LogP contribution in [-0.4, -0.2) is 22.3 Å². The molecule has 23 heavy (non-hydrogen) atoms. The molecule has 0 bridgehead atoms. The number of anilines is 1. The van der Waals surface area contributed by atoms with E-state index in [-0.39, 0.29) is 11.9 Å². The third-order valence-corrected chi connectivity index (χ3v) is 4.18. The van der Waals surface area contributed by atoms with Gasteiger partial charge in [-0.05, 0) is 37.3 Å². The Morgan fingerprint density at radius 2 is 2.09 bits per heavy atom. The highest BCUT2D eigenvalue weighted by Crippen LogP contribution is 2.31. The largest absolute Gasteiger partial charge is 0.496 e. The van der Waals surface area contributed by atoms with Gasteiger partial charge in [-0.3, -0.25) is 4.98 Å². The van der Waals surface area contributed by atoms with E-state index in [0.29, 0.717) is 10.9 Å². The summed E-state index contributed by atoms with van der Waals surface area (Å²) in [6.07, 6.45) is 1.71. The predicted octanol–water partition coefficient (Wildman–Crippen LogP) is 3.92. The van der Waals surface area contributed by atoms with Gasteiger partial charge in [0.1, 0.15) is 17.3 Å². The Bertz CT molecular complexity index is 794. The maximum atomic E-state index is 13.5. The van der Waals surface area contributed by atoms with Crippen LogP contribution >= 0.6 is 11.3 Å². The normalized spacial score (nSPS) is 12.0. The van der Waals surface area contributed by atoms with E-state index in [2.05, 4.69) is 20.5 Å². The average molecular weight is 330 g/mol. The first-order valence-corrected chi connectivity index (χ1v) is 7.84. The number of hydrogen-bond donors (Lipinski definition) is 1. The van der Waals surface area contributed by atoms with Gasteiger partial charge in [-0.2, -0.15) is 0 Å². The monoisotopic (exact) mass is 330 g/mol. The van der Waals surface area contributed by atoms with Crippen LogP contribution in [0.2, 0.25) is 0 Å². The second-order valence-corrected chi connectivity index (χ2v) is 5.86. The molecule has 0 fully saturated rings. The number of methoxy groups -OCH3 is 1. The summed E-state index contributed by atoms with van der Waals surface area (Å²) in [7, 11) is 1.56. The van der Waals surface area contributed by atoms with Crippen molar-refractivity contribution >= 4 is 16.5 Å². The van der Waals surface area contributed by atoms with Crippen LogP contribution in [0.5, 0.6) is 5.75 Å². The van der Waals surface area contributed by atoms with Crippen molar-refractivity contribution in [1.29, 1.82) is 0 Å². The van der Waals surface area contributed by atoms with Gasteiger partial charge in [0.15, 0.2) is 5.01 Å². The van der Waals surface area contributed by atoms with Gasteiger partial charge >= 0.3 is 0 Å². The lowest BCUT2D eigenvalue weighted by molar-refractivity contribution is 0.406. The maximum Gasteiger partial charge on any atom is 0.206 e. The summed E-state index contributed by atoms with van der Waals surface area (Å²) in [5.41, 5.74) is 1.50. The van der Waals surface area contributed by atoms with Crippen molar-refractivity contribution in [3.8, 4) is 16.5 Å². The van der Waals surface area contributed by atoms with E-state index >= 15 is 0 Å². The number of benzene rings is 1. The van der Waals surface area contributed by atoms with Crippen LogP contribution in [0.1, 0.15) is 18.5 Å². The van der Waals surface area contributed by atoms with E-state index in [0.717, 1.165) is 16.3 Å². The van der Waals surface area contributed by atoms with Crippen molar-refractivity contribution in [2.75, 3.05) is 12.4 Å². The predicted molar refractivity (Wildman–Crippen MR) is 88.1 cm³/mol. The van der Waals surface area contributed by atoms with Crippen LogP contribution in [0.25, 0.3) is 10.7 Å². The van der Waals surface area contributed by atoms with Crippen LogP contribution in [-0.2, 0) is 0 Å². The maximum absolute atomic E-state index is 13.5. The van der Waals surface area contributed by atoms with Crippen LogP contribution in [0, 0.1) is 5.82 Å². The van der Waals surface area contributed by atoms with E-state index in [9.17, 15) is 4.39 Å². The van der Waals surface area contributed by atoms with Gasteiger partial charge in [0.2, 0.25) is 5.13 Å². The molecular formula is C16H15FN4OS. The standard InChI is InChI=1S/C16H15FN4OS/c1-10(12-9-11(17)6-7-14(12)22-2)19-16-21-20-15(23-16)13-5-3-4-8-18-13/h3-10H,1-2H3,(H,19,21). The fourth-order valence-electron chi connectivity index (χ4n) is 2.18. The Kier molecular flexibility index (Phi) is 4.47. The van der Waals surface area contributed by atoms with Crippen molar-refractivity contribution in [3.05, 3.63) is 54.0 Å². The second kappa shape index (κ2) is 6.70. The molecular weight excluding hydrogens is 315 g/mol. The zero-order valence-corrected chi connectivity index (χ0v) is 13.5. The highest BCUT2D eigenvalue weighted by Gasteiger charge is 2.15. The van der Waals surface area contributed by atoms with E-state index < -0.39 is 0 Å². The van der Waals surface area contributed by atoms with Gasteiger partial charge in [0, 0.05) is 11.8 Å². The molecule has 1 atom stereocenters. The molecule has 0 aliphatic carbocycles. The quantitative estimate of drug-likeness (QED) is 0.768. The number of ether oxygens (including phenoxy) is 1. The van der Waals surface area contributed by atoms with Gasteiger partial charge in [0.05, 0.1) is 13.2 Å². The number of nitrogens with one attached hydrogen (secondary N) is 1. The van der Waals surface area contributed by atoms with Crippen molar-refractivity contribution in [1.82, 2.24) is 15.2 Å². The molecule has 0 aliphatic heterocycles. The molecule has 1 N–H and O–H groups in total. The molecule has 5 nitrogen and oxygen atoms in total. The minimum atomic E-state index is -0.305. The summed E-state index contributed by atoms with van der Waals surface area (Å²) in [6.45, 7) is 1.92. The Hall–Kier alpha value is -2.54. The van der Waals surface area contributed by atoms with Gasteiger partial charge in [-0.1, -0.05) is 17.4 Å². The minimum Gasteiger partial charge on any atom is -0.496 e. The van der Waals surface area contributed by atoms with Gasteiger partial charge in [0.25, 0.3) is 0 Å². The molecule has 0 saturated heterocycles. The van der Waals surface area contributed by atoms with Crippen molar-refractivity contribution in [2.45, 2.75) is 13.0 Å². The fourth-order valence-corrected chi connectivity index (χ4v) is 2.99. The summed E-state index contributed by atoms with van der Waals surface area (Å²) in [6, 6.07) is 9.89. The van der Waals surface area contributed by atoms with Crippen molar-refractivity contribution in [3.63, 3.8) is 0 Å². The van der Waals surface area contributed by atoms with E-state index in [1.807, 2.05) is 25.1 Å². The molecule has 2 aromatic heterocycles. The molecule has 118 valence electrons. The summed E-state index contributed by atoms with van der Waals surface area (Å²) in [5.74, 6) is 0.321. The molecule has 2 heterocycles. The number of nitrogens with zero attached hydrogens (tertiary/aromatic N) is 3. The molecule has 0 amide bonds. The first-order valence-electron chi connectivity index (χ1n) is 7.02. The molecule has 3 rings (SSSR count). The van der Waals surface area contributed by atoms with Gasteiger partial charge in [-0.25, -0.2) is 4.39 Å². The van der Waals surface area contributed by atoms with Crippen molar-refractivity contribution < 1.29 is 9.13 Å². The topological polar surface area (TPSA) is 59.9 Å². The molecule has 3 aromatic rings. The van der Waals surface area contributed by atoms with E-state index in [4.69, 9.17) is 4.74 Å². The third-order valence-electron chi connectivity index (χ3n) is 3.31. The molecule has 0 radical (unpaired) electrons.